The summed E-state index contributed by atoms with van der Waals surface area (Å²) >= 11 is 0. The van der Waals surface area contributed by atoms with Gasteiger partial charge >= 0.3 is 6.18 Å². The van der Waals surface area contributed by atoms with Crippen molar-refractivity contribution in [1.29, 1.82) is 0 Å². The molecule has 2 unspecified atom stereocenters. The van der Waals surface area contributed by atoms with Crippen molar-refractivity contribution in [1.82, 2.24) is 15.5 Å². The Morgan fingerprint density at radius 2 is 1.89 bits per heavy atom. The van der Waals surface area contributed by atoms with Crippen LogP contribution in [0.4, 0.5) is 13.2 Å². The Morgan fingerprint density at radius 1 is 1.26 bits per heavy atom. The van der Waals surface area contributed by atoms with Gasteiger partial charge in [-0.25, -0.2) is 0 Å². The summed E-state index contributed by atoms with van der Waals surface area (Å²) in [6.07, 6.45) is -2.70. The van der Waals surface area contributed by atoms with Crippen LogP contribution >= 0.6 is 0 Å². The van der Waals surface area contributed by atoms with Gasteiger partial charge in [-0.2, -0.15) is 13.2 Å². The lowest BCUT2D eigenvalue weighted by Gasteiger charge is -2.31. The first kappa shape index (κ1) is 14.6. The van der Waals surface area contributed by atoms with E-state index in [1.165, 1.54) is 0 Å². The van der Waals surface area contributed by atoms with Crippen LogP contribution in [0, 0.1) is 11.8 Å². The second-order valence-corrected chi connectivity index (χ2v) is 5.50. The number of alkyl halides is 3. The number of carbonyl (C=O) groups is 1. The average Bonchev–Trinajstić information content (AvgIpc) is 2.81. The Bertz CT molecular complexity index is 327. The number of hydrogen-bond donors (Lipinski definition) is 2. The van der Waals surface area contributed by atoms with Crippen LogP contribution in [0.25, 0.3) is 0 Å². The highest BCUT2D eigenvalue weighted by Gasteiger charge is 2.50. The molecule has 1 amide bonds. The summed E-state index contributed by atoms with van der Waals surface area (Å²) in [6.45, 7) is 1.70. The normalized spacial score (nSPS) is 30.5. The fourth-order valence-corrected chi connectivity index (χ4v) is 2.76. The van der Waals surface area contributed by atoms with Crippen LogP contribution in [0.3, 0.4) is 0 Å². The van der Waals surface area contributed by atoms with Crippen molar-refractivity contribution in [3.63, 3.8) is 0 Å². The van der Waals surface area contributed by atoms with Gasteiger partial charge in [-0.1, -0.05) is 0 Å². The highest BCUT2D eigenvalue weighted by atomic mass is 19.4. The van der Waals surface area contributed by atoms with Crippen molar-refractivity contribution >= 4 is 5.91 Å². The maximum Gasteiger partial charge on any atom is 0.393 e. The summed E-state index contributed by atoms with van der Waals surface area (Å²) in [4.78, 5) is 14.1. The molecule has 2 saturated heterocycles. The molecular weight excluding hydrogens is 259 g/mol. The van der Waals surface area contributed by atoms with E-state index < -0.39 is 23.9 Å². The molecule has 0 bridgehead atoms. The van der Waals surface area contributed by atoms with Crippen molar-refractivity contribution < 1.29 is 18.0 Å². The van der Waals surface area contributed by atoms with Gasteiger partial charge in [0.05, 0.1) is 11.8 Å². The molecule has 2 atom stereocenters. The number of likely N-dealkylation sites (tertiary alicyclic amines) is 1. The van der Waals surface area contributed by atoms with E-state index in [0.717, 1.165) is 25.9 Å². The van der Waals surface area contributed by atoms with Crippen molar-refractivity contribution in [3.05, 3.63) is 0 Å². The average molecular weight is 279 g/mol. The lowest BCUT2D eigenvalue weighted by atomic mass is 9.93. The SMILES string of the molecule is CN1CCC(NC(=O)C2CNCC2C(F)(F)F)CC1. The van der Waals surface area contributed by atoms with Gasteiger partial charge in [-0.05, 0) is 33.0 Å². The molecule has 2 aliphatic rings. The van der Waals surface area contributed by atoms with E-state index >= 15 is 0 Å². The molecule has 19 heavy (non-hydrogen) atoms. The third-order valence-corrected chi connectivity index (χ3v) is 4.04. The number of rotatable bonds is 2. The van der Waals surface area contributed by atoms with Crippen LogP contribution in [-0.2, 0) is 4.79 Å². The van der Waals surface area contributed by atoms with Gasteiger partial charge in [0, 0.05) is 19.1 Å². The molecule has 2 N–H and O–H groups in total. The third kappa shape index (κ3) is 3.60. The summed E-state index contributed by atoms with van der Waals surface area (Å²) in [5, 5.41) is 5.44. The molecule has 0 aromatic rings. The van der Waals surface area contributed by atoms with Crippen LogP contribution in [-0.4, -0.2) is 56.3 Å². The molecule has 0 saturated carbocycles. The molecule has 2 aliphatic heterocycles. The van der Waals surface area contributed by atoms with Gasteiger partial charge in [0.25, 0.3) is 0 Å². The van der Waals surface area contributed by atoms with Crippen molar-refractivity contribution in [3.8, 4) is 0 Å². The van der Waals surface area contributed by atoms with Crippen LogP contribution in [0.1, 0.15) is 12.8 Å². The molecule has 0 aromatic carbocycles. The number of hydrogen-bond acceptors (Lipinski definition) is 3. The van der Waals surface area contributed by atoms with Crippen LogP contribution in [0.15, 0.2) is 0 Å². The van der Waals surface area contributed by atoms with Gasteiger partial charge in [-0.15, -0.1) is 0 Å². The largest absolute Gasteiger partial charge is 0.393 e. The predicted octanol–water partition coefficient (Wildman–Crippen LogP) is 0.595. The summed E-state index contributed by atoms with van der Waals surface area (Å²) in [7, 11) is 2.00. The molecule has 0 aromatic heterocycles. The van der Waals surface area contributed by atoms with E-state index in [0.29, 0.717) is 0 Å². The molecule has 110 valence electrons. The lowest BCUT2D eigenvalue weighted by molar-refractivity contribution is -0.182. The van der Waals surface area contributed by atoms with E-state index in [1.807, 2.05) is 7.05 Å². The number of carbonyl (C=O) groups excluding carboxylic acids is 1. The quantitative estimate of drug-likeness (QED) is 0.778. The van der Waals surface area contributed by atoms with Gasteiger partial charge in [0.2, 0.25) is 5.91 Å². The van der Waals surface area contributed by atoms with E-state index in [9.17, 15) is 18.0 Å². The summed E-state index contributed by atoms with van der Waals surface area (Å²) < 4.78 is 38.3. The second-order valence-electron chi connectivity index (χ2n) is 5.50. The van der Waals surface area contributed by atoms with E-state index in [-0.39, 0.29) is 19.1 Å². The molecular formula is C12H20F3N3O. The number of amides is 1. The number of nitrogens with zero attached hydrogens (tertiary/aromatic N) is 1. The van der Waals surface area contributed by atoms with Crippen LogP contribution in [0.2, 0.25) is 0 Å². The maximum absolute atomic E-state index is 12.8. The minimum atomic E-state index is -4.31. The van der Waals surface area contributed by atoms with E-state index in [2.05, 4.69) is 15.5 Å². The Hall–Kier alpha value is -0.820. The zero-order chi connectivity index (χ0) is 14.0. The molecule has 2 rings (SSSR count). The predicted molar refractivity (Wildman–Crippen MR) is 64.6 cm³/mol. The molecule has 0 spiro atoms. The molecule has 0 radical (unpaired) electrons. The third-order valence-electron chi connectivity index (χ3n) is 4.04. The van der Waals surface area contributed by atoms with E-state index in [4.69, 9.17) is 0 Å². The number of nitrogens with one attached hydrogen (secondary N) is 2. The highest BCUT2D eigenvalue weighted by molar-refractivity contribution is 5.80. The van der Waals surface area contributed by atoms with Crippen LogP contribution in [0.5, 0.6) is 0 Å². The minimum Gasteiger partial charge on any atom is -0.353 e. The molecule has 4 nitrogen and oxygen atoms in total. The highest BCUT2D eigenvalue weighted by Crippen LogP contribution is 2.34. The van der Waals surface area contributed by atoms with Gasteiger partial charge in [-0.3, -0.25) is 4.79 Å². The fraction of sp³-hybridized carbons (Fsp3) is 0.917. The van der Waals surface area contributed by atoms with Gasteiger partial charge in [0.1, 0.15) is 0 Å². The topological polar surface area (TPSA) is 44.4 Å². The molecule has 0 aliphatic carbocycles. The van der Waals surface area contributed by atoms with Gasteiger partial charge < -0.3 is 15.5 Å². The first-order valence-electron chi connectivity index (χ1n) is 6.64. The minimum absolute atomic E-state index is 0.0122. The van der Waals surface area contributed by atoms with Crippen molar-refractivity contribution in [2.45, 2.75) is 25.1 Å². The summed E-state index contributed by atoms with van der Waals surface area (Å²) in [5.74, 6) is -3.00. The first-order valence-corrected chi connectivity index (χ1v) is 6.64. The second kappa shape index (κ2) is 5.66. The Morgan fingerprint density at radius 3 is 2.47 bits per heavy atom. The fourth-order valence-electron chi connectivity index (χ4n) is 2.76. The van der Waals surface area contributed by atoms with Gasteiger partial charge in [0.15, 0.2) is 0 Å². The lowest BCUT2D eigenvalue weighted by Crippen LogP contribution is -2.48. The van der Waals surface area contributed by atoms with Crippen LogP contribution < -0.4 is 10.6 Å². The van der Waals surface area contributed by atoms with Crippen molar-refractivity contribution in [2.24, 2.45) is 11.8 Å². The Labute approximate surface area is 110 Å². The first-order chi connectivity index (χ1) is 8.88. The number of piperidine rings is 1. The zero-order valence-corrected chi connectivity index (χ0v) is 11.0. The maximum atomic E-state index is 12.8. The summed E-state index contributed by atoms with van der Waals surface area (Å²) in [6, 6.07) is 0.0122. The smallest absolute Gasteiger partial charge is 0.353 e. The van der Waals surface area contributed by atoms with E-state index in [1.54, 1.807) is 0 Å². The Balaban J connectivity index is 1.89. The summed E-state index contributed by atoms with van der Waals surface area (Å²) in [5.41, 5.74) is 0. The zero-order valence-electron chi connectivity index (χ0n) is 11.0. The van der Waals surface area contributed by atoms with Crippen molar-refractivity contribution in [2.75, 3.05) is 33.2 Å². The monoisotopic (exact) mass is 279 g/mol. The Kier molecular flexibility index (Phi) is 4.35. The molecule has 2 heterocycles. The molecule has 2 fully saturated rings. The number of halogens is 3. The standard InChI is InChI=1S/C12H20F3N3O/c1-18-4-2-8(3-5-18)17-11(19)9-6-16-7-10(9)12(13,14)15/h8-10,16H,2-7H2,1H3,(H,17,19). The molecule has 7 heteroatoms.